The van der Waals surface area contributed by atoms with Crippen LogP contribution in [0.25, 0.3) is 0 Å². The van der Waals surface area contributed by atoms with Crippen LogP contribution >= 0.6 is 46.4 Å². The van der Waals surface area contributed by atoms with Gasteiger partial charge in [-0.15, -0.1) is 0 Å². The molecule has 0 bridgehead atoms. The lowest BCUT2D eigenvalue weighted by molar-refractivity contribution is 0.599. The Bertz CT molecular complexity index is 628. The van der Waals surface area contributed by atoms with E-state index < -0.39 is 0 Å². The highest BCUT2D eigenvalue weighted by atomic mass is 35.5. The normalized spacial score (nSPS) is 12.4. The topological polar surface area (TPSA) is 12.0 Å². The minimum absolute atomic E-state index is 0.0514. The highest BCUT2D eigenvalue weighted by Crippen LogP contribution is 2.33. The first-order valence-electron chi connectivity index (χ1n) is 6.66. The lowest BCUT2D eigenvalue weighted by Gasteiger charge is -2.21. The first kappa shape index (κ1) is 16.9. The van der Waals surface area contributed by atoms with Gasteiger partial charge in [-0.3, -0.25) is 0 Å². The summed E-state index contributed by atoms with van der Waals surface area (Å²) in [6, 6.07) is 11.1. The third kappa shape index (κ3) is 4.28. The third-order valence-corrected chi connectivity index (χ3v) is 4.45. The summed E-state index contributed by atoms with van der Waals surface area (Å²) in [5, 5.41) is 5.79. The summed E-state index contributed by atoms with van der Waals surface area (Å²) < 4.78 is 0. The average Bonchev–Trinajstić information content (AvgIpc) is 2.44. The number of nitrogens with one attached hydrogen (secondary N) is 1. The molecule has 0 fully saturated rings. The lowest BCUT2D eigenvalue weighted by Crippen LogP contribution is -2.23. The monoisotopic (exact) mass is 361 g/mol. The largest absolute Gasteiger partial charge is 0.306 e. The molecule has 1 N–H and O–H groups in total. The molecule has 0 radical (unpaired) electrons. The molecule has 2 aromatic carbocycles. The molecule has 0 amide bonds. The molecule has 0 saturated heterocycles. The van der Waals surface area contributed by atoms with Gasteiger partial charge in [0.25, 0.3) is 0 Å². The molecule has 1 unspecified atom stereocenters. The van der Waals surface area contributed by atoms with E-state index >= 15 is 0 Å². The van der Waals surface area contributed by atoms with E-state index in [0.29, 0.717) is 20.1 Å². The number of hydrogen-bond donors (Lipinski definition) is 1. The van der Waals surface area contributed by atoms with Gasteiger partial charge in [0.05, 0.1) is 16.1 Å². The van der Waals surface area contributed by atoms with Crippen molar-refractivity contribution in [1.82, 2.24) is 5.32 Å². The minimum Gasteiger partial charge on any atom is -0.306 e. The van der Waals surface area contributed by atoms with Crippen molar-refractivity contribution < 1.29 is 0 Å². The van der Waals surface area contributed by atoms with Gasteiger partial charge in [0.15, 0.2) is 0 Å². The fourth-order valence-corrected chi connectivity index (χ4v) is 2.95. The van der Waals surface area contributed by atoms with E-state index in [9.17, 15) is 0 Å². The predicted molar refractivity (Wildman–Crippen MR) is 93.1 cm³/mol. The molecule has 0 aliphatic rings. The molecule has 2 aromatic rings. The lowest BCUT2D eigenvalue weighted by atomic mass is 9.98. The summed E-state index contributed by atoms with van der Waals surface area (Å²) in [7, 11) is 0. The second-order valence-electron chi connectivity index (χ2n) is 4.73. The summed E-state index contributed by atoms with van der Waals surface area (Å²) >= 11 is 24.4. The molecule has 21 heavy (non-hydrogen) atoms. The number of rotatable bonds is 5. The Hall–Kier alpha value is -0.440. The maximum Gasteiger partial charge on any atom is 0.0595 e. The number of halogens is 4. The summed E-state index contributed by atoms with van der Waals surface area (Å²) in [6.45, 7) is 2.98. The summed E-state index contributed by atoms with van der Waals surface area (Å²) in [5.41, 5.74) is 1.98. The van der Waals surface area contributed by atoms with Crippen LogP contribution in [0.3, 0.4) is 0 Å². The first-order chi connectivity index (χ1) is 10.0. The fourth-order valence-electron chi connectivity index (χ4n) is 2.12. The predicted octanol–water partition coefficient (Wildman–Crippen LogP) is 6.39. The minimum atomic E-state index is -0.0514. The fraction of sp³-hybridized carbons (Fsp3) is 0.250. The van der Waals surface area contributed by atoms with Gasteiger partial charge in [0.2, 0.25) is 0 Å². The van der Waals surface area contributed by atoms with E-state index in [1.54, 1.807) is 12.1 Å². The summed E-state index contributed by atoms with van der Waals surface area (Å²) in [4.78, 5) is 0. The van der Waals surface area contributed by atoms with Crippen molar-refractivity contribution in [3.05, 3.63) is 67.6 Å². The Balaban J connectivity index is 2.44. The van der Waals surface area contributed by atoms with E-state index in [4.69, 9.17) is 46.4 Å². The second-order valence-corrected chi connectivity index (χ2v) is 6.38. The standard InChI is InChI=1S/C16H15Cl4N/c1-2-7-21-16(10-3-6-13(18)15(20)8-10)12-5-4-11(17)9-14(12)19/h3-6,8-9,16,21H,2,7H2,1H3. The zero-order chi connectivity index (χ0) is 15.4. The van der Waals surface area contributed by atoms with E-state index in [1.165, 1.54) is 0 Å². The summed E-state index contributed by atoms with van der Waals surface area (Å²) in [5.74, 6) is 0. The van der Waals surface area contributed by atoms with E-state index in [2.05, 4.69) is 12.2 Å². The maximum atomic E-state index is 6.34. The molecule has 5 heteroatoms. The van der Waals surface area contributed by atoms with Crippen LogP contribution in [-0.4, -0.2) is 6.54 Å². The number of hydrogen-bond acceptors (Lipinski definition) is 1. The van der Waals surface area contributed by atoms with Crippen molar-refractivity contribution in [2.45, 2.75) is 19.4 Å². The Morgan fingerprint density at radius 2 is 1.67 bits per heavy atom. The Kier molecular flexibility index (Phi) is 6.21. The van der Waals surface area contributed by atoms with Crippen LogP contribution < -0.4 is 5.32 Å². The van der Waals surface area contributed by atoms with Crippen LogP contribution in [0.4, 0.5) is 0 Å². The molecular formula is C16H15Cl4N. The molecule has 0 spiro atoms. The molecule has 0 saturated carbocycles. The average molecular weight is 363 g/mol. The molecular weight excluding hydrogens is 348 g/mol. The van der Waals surface area contributed by atoms with E-state index in [0.717, 1.165) is 24.1 Å². The zero-order valence-corrected chi connectivity index (χ0v) is 14.5. The molecule has 112 valence electrons. The zero-order valence-electron chi connectivity index (χ0n) is 11.5. The Morgan fingerprint density at radius 1 is 0.905 bits per heavy atom. The van der Waals surface area contributed by atoms with Crippen molar-refractivity contribution >= 4 is 46.4 Å². The van der Waals surface area contributed by atoms with Gasteiger partial charge in [0, 0.05) is 10.0 Å². The van der Waals surface area contributed by atoms with Crippen LogP contribution in [0.15, 0.2) is 36.4 Å². The van der Waals surface area contributed by atoms with Crippen molar-refractivity contribution in [3.63, 3.8) is 0 Å². The highest BCUT2D eigenvalue weighted by molar-refractivity contribution is 6.42. The highest BCUT2D eigenvalue weighted by Gasteiger charge is 2.17. The van der Waals surface area contributed by atoms with E-state index in [1.807, 2.05) is 24.3 Å². The van der Waals surface area contributed by atoms with Crippen molar-refractivity contribution in [3.8, 4) is 0 Å². The van der Waals surface area contributed by atoms with E-state index in [-0.39, 0.29) is 6.04 Å². The van der Waals surface area contributed by atoms with Crippen molar-refractivity contribution in [2.24, 2.45) is 0 Å². The van der Waals surface area contributed by atoms with Crippen LogP contribution in [0.2, 0.25) is 20.1 Å². The van der Waals surface area contributed by atoms with Gasteiger partial charge in [-0.25, -0.2) is 0 Å². The first-order valence-corrected chi connectivity index (χ1v) is 8.17. The Labute approximate surface area is 145 Å². The van der Waals surface area contributed by atoms with Crippen molar-refractivity contribution in [2.75, 3.05) is 6.54 Å². The molecule has 1 atom stereocenters. The van der Waals surface area contributed by atoms with Crippen LogP contribution in [0, 0.1) is 0 Å². The van der Waals surface area contributed by atoms with Crippen LogP contribution in [-0.2, 0) is 0 Å². The van der Waals surface area contributed by atoms with Gasteiger partial charge in [0.1, 0.15) is 0 Å². The number of benzene rings is 2. The maximum absolute atomic E-state index is 6.34. The van der Waals surface area contributed by atoms with Crippen molar-refractivity contribution in [1.29, 1.82) is 0 Å². The molecule has 0 heterocycles. The van der Waals surface area contributed by atoms with Crippen LogP contribution in [0.1, 0.15) is 30.5 Å². The van der Waals surface area contributed by atoms with Gasteiger partial charge < -0.3 is 5.32 Å². The third-order valence-electron chi connectivity index (χ3n) is 3.15. The quantitative estimate of drug-likeness (QED) is 0.649. The smallest absolute Gasteiger partial charge is 0.0595 e. The molecule has 0 aliphatic heterocycles. The summed E-state index contributed by atoms with van der Waals surface area (Å²) in [6.07, 6.45) is 1.02. The second kappa shape index (κ2) is 7.71. The molecule has 2 rings (SSSR count). The Morgan fingerprint density at radius 3 is 2.29 bits per heavy atom. The van der Waals surface area contributed by atoms with Gasteiger partial charge in [-0.05, 0) is 48.4 Å². The van der Waals surface area contributed by atoms with Crippen LogP contribution in [0.5, 0.6) is 0 Å². The van der Waals surface area contributed by atoms with Gasteiger partial charge in [-0.1, -0.05) is 65.5 Å². The van der Waals surface area contributed by atoms with Gasteiger partial charge in [-0.2, -0.15) is 0 Å². The molecule has 0 aromatic heterocycles. The SMILES string of the molecule is CCCNC(c1ccc(Cl)c(Cl)c1)c1ccc(Cl)cc1Cl. The molecule has 1 nitrogen and oxygen atoms in total. The molecule has 0 aliphatic carbocycles. The van der Waals surface area contributed by atoms with Gasteiger partial charge >= 0.3 is 0 Å².